The molecular formula is C14H28N2O. The van der Waals surface area contributed by atoms with Crippen LogP contribution in [0.3, 0.4) is 0 Å². The molecule has 100 valence electrons. The summed E-state index contributed by atoms with van der Waals surface area (Å²) < 4.78 is 0. The lowest BCUT2D eigenvalue weighted by Crippen LogP contribution is -2.43. The minimum atomic E-state index is -0.311. The molecule has 0 bridgehead atoms. The zero-order valence-electron chi connectivity index (χ0n) is 12.0. The first-order valence-corrected chi connectivity index (χ1v) is 6.76. The quantitative estimate of drug-likeness (QED) is 0.822. The number of hydrogen-bond acceptors (Lipinski definition) is 2. The molecule has 2 N–H and O–H groups in total. The van der Waals surface area contributed by atoms with Crippen molar-refractivity contribution in [3.63, 3.8) is 0 Å². The first kappa shape index (κ1) is 14.5. The minimum Gasteiger partial charge on any atom is -0.341 e. The number of nitrogens with zero attached hydrogens (tertiary/aromatic N) is 1. The number of nitrogens with two attached hydrogens (primary N) is 1. The second-order valence-electron chi connectivity index (χ2n) is 6.87. The fourth-order valence-corrected chi connectivity index (χ4v) is 2.51. The van der Waals surface area contributed by atoms with Gasteiger partial charge < -0.3 is 10.6 Å². The Morgan fingerprint density at radius 3 is 2.41 bits per heavy atom. The molecular weight excluding hydrogens is 212 g/mol. The maximum Gasteiger partial charge on any atom is 0.239 e. The summed E-state index contributed by atoms with van der Waals surface area (Å²) in [6.45, 7) is 12.7. The van der Waals surface area contributed by atoms with Gasteiger partial charge in [0.2, 0.25) is 5.91 Å². The van der Waals surface area contributed by atoms with E-state index in [2.05, 4.69) is 34.6 Å². The van der Waals surface area contributed by atoms with E-state index in [-0.39, 0.29) is 17.4 Å². The lowest BCUT2D eigenvalue weighted by molar-refractivity contribution is -0.132. The first-order valence-electron chi connectivity index (χ1n) is 6.76. The largest absolute Gasteiger partial charge is 0.341 e. The topological polar surface area (TPSA) is 46.3 Å². The number of carbonyl (C=O) groups excluding carboxylic acids is 1. The minimum absolute atomic E-state index is 0.144. The molecule has 3 nitrogen and oxygen atoms in total. The Balaban J connectivity index is 2.51. The molecule has 1 amide bonds. The molecule has 1 aliphatic rings. The Kier molecular flexibility index (Phi) is 4.59. The van der Waals surface area contributed by atoms with Gasteiger partial charge in [-0.3, -0.25) is 4.79 Å². The summed E-state index contributed by atoms with van der Waals surface area (Å²) in [6, 6.07) is -0.311. The summed E-state index contributed by atoms with van der Waals surface area (Å²) in [7, 11) is 0. The van der Waals surface area contributed by atoms with Crippen LogP contribution in [-0.4, -0.2) is 29.9 Å². The molecule has 1 fully saturated rings. The molecule has 1 rings (SSSR count). The summed E-state index contributed by atoms with van der Waals surface area (Å²) in [5.41, 5.74) is 6.25. The van der Waals surface area contributed by atoms with Crippen LogP contribution in [0.1, 0.15) is 47.5 Å². The van der Waals surface area contributed by atoms with Crippen molar-refractivity contribution in [3.05, 3.63) is 0 Å². The maximum atomic E-state index is 12.2. The third-order valence-corrected chi connectivity index (χ3v) is 3.77. The number of likely N-dealkylation sites (tertiary alicyclic amines) is 1. The third-order valence-electron chi connectivity index (χ3n) is 3.77. The monoisotopic (exact) mass is 240 g/mol. The van der Waals surface area contributed by atoms with E-state index in [1.165, 1.54) is 0 Å². The Labute approximate surface area is 106 Å². The van der Waals surface area contributed by atoms with Gasteiger partial charge in [0.25, 0.3) is 0 Å². The van der Waals surface area contributed by atoms with Gasteiger partial charge in [-0.1, -0.05) is 34.6 Å². The van der Waals surface area contributed by atoms with Crippen LogP contribution in [0.4, 0.5) is 0 Å². The summed E-state index contributed by atoms with van der Waals surface area (Å²) in [5, 5.41) is 0. The number of hydrogen-bond donors (Lipinski definition) is 1. The van der Waals surface area contributed by atoms with Crippen molar-refractivity contribution in [2.75, 3.05) is 13.1 Å². The molecule has 2 unspecified atom stereocenters. The molecule has 0 aliphatic carbocycles. The van der Waals surface area contributed by atoms with Crippen LogP contribution in [0, 0.1) is 17.3 Å². The molecule has 0 radical (unpaired) electrons. The van der Waals surface area contributed by atoms with E-state index in [1.807, 2.05) is 4.90 Å². The fraction of sp³-hybridized carbons (Fsp3) is 0.929. The lowest BCUT2D eigenvalue weighted by Gasteiger charge is -2.28. The summed E-state index contributed by atoms with van der Waals surface area (Å²) in [5.74, 6) is 1.23. The van der Waals surface area contributed by atoms with Crippen molar-refractivity contribution in [3.8, 4) is 0 Å². The van der Waals surface area contributed by atoms with Crippen molar-refractivity contribution >= 4 is 5.91 Å². The van der Waals surface area contributed by atoms with Gasteiger partial charge in [0.05, 0.1) is 6.04 Å². The normalized spacial score (nSPS) is 23.2. The van der Waals surface area contributed by atoms with Gasteiger partial charge in [-0.15, -0.1) is 0 Å². The standard InChI is InChI=1S/C14H28N2O/c1-10(2)8-12(15)13(17)16-7-6-11(9-16)14(3,4)5/h10-12H,6-9,15H2,1-5H3. The van der Waals surface area contributed by atoms with Crippen molar-refractivity contribution in [2.24, 2.45) is 23.0 Å². The van der Waals surface area contributed by atoms with Crippen molar-refractivity contribution < 1.29 is 4.79 Å². The second kappa shape index (κ2) is 5.38. The average molecular weight is 240 g/mol. The molecule has 0 aromatic rings. The van der Waals surface area contributed by atoms with Gasteiger partial charge in [0.1, 0.15) is 0 Å². The van der Waals surface area contributed by atoms with E-state index in [0.29, 0.717) is 11.8 Å². The van der Waals surface area contributed by atoms with Crippen LogP contribution >= 0.6 is 0 Å². The number of rotatable bonds is 3. The van der Waals surface area contributed by atoms with Gasteiger partial charge in [-0.25, -0.2) is 0 Å². The molecule has 3 heteroatoms. The molecule has 1 aliphatic heterocycles. The van der Waals surface area contributed by atoms with Crippen LogP contribution < -0.4 is 5.73 Å². The summed E-state index contributed by atoms with van der Waals surface area (Å²) in [6.07, 6.45) is 1.90. The van der Waals surface area contributed by atoms with E-state index in [0.717, 1.165) is 25.9 Å². The van der Waals surface area contributed by atoms with Crippen molar-refractivity contribution in [1.82, 2.24) is 4.90 Å². The zero-order valence-corrected chi connectivity index (χ0v) is 12.0. The molecule has 0 saturated carbocycles. The van der Waals surface area contributed by atoms with E-state index in [1.54, 1.807) is 0 Å². The Morgan fingerprint density at radius 1 is 1.41 bits per heavy atom. The van der Waals surface area contributed by atoms with Crippen LogP contribution in [0.2, 0.25) is 0 Å². The van der Waals surface area contributed by atoms with Crippen LogP contribution in [-0.2, 0) is 4.79 Å². The lowest BCUT2D eigenvalue weighted by atomic mass is 9.80. The highest BCUT2D eigenvalue weighted by molar-refractivity contribution is 5.81. The van der Waals surface area contributed by atoms with Crippen LogP contribution in [0.15, 0.2) is 0 Å². The fourth-order valence-electron chi connectivity index (χ4n) is 2.51. The number of amides is 1. The predicted molar refractivity (Wildman–Crippen MR) is 71.6 cm³/mol. The van der Waals surface area contributed by atoms with Gasteiger partial charge in [-0.2, -0.15) is 0 Å². The van der Waals surface area contributed by atoms with Gasteiger partial charge in [0.15, 0.2) is 0 Å². The first-order chi connectivity index (χ1) is 7.71. The summed E-state index contributed by atoms with van der Waals surface area (Å²) in [4.78, 5) is 14.1. The van der Waals surface area contributed by atoms with Gasteiger partial charge in [0, 0.05) is 13.1 Å². The number of carbonyl (C=O) groups is 1. The van der Waals surface area contributed by atoms with Crippen LogP contribution in [0.5, 0.6) is 0 Å². The van der Waals surface area contributed by atoms with E-state index >= 15 is 0 Å². The highest BCUT2D eigenvalue weighted by atomic mass is 16.2. The SMILES string of the molecule is CC(C)CC(N)C(=O)N1CCC(C(C)(C)C)C1. The smallest absolute Gasteiger partial charge is 0.239 e. The maximum absolute atomic E-state index is 12.2. The highest BCUT2D eigenvalue weighted by Gasteiger charge is 2.35. The molecule has 1 heterocycles. The van der Waals surface area contributed by atoms with E-state index < -0.39 is 0 Å². The molecule has 1 saturated heterocycles. The zero-order chi connectivity index (χ0) is 13.2. The Bertz CT molecular complexity index is 268. The molecule has 0 aromatic carbocycles. The second-order valence-corrected chi connectivity index (χ2v) is 6.87. The molecule has 17 heavy (non-hydrogen) atoms. The average Bonchev–Trinajstić information content (AvgIpc) is 2.63. The Hall–Kier alpha value is -0.570. The highest BCUT2D eigenvalue weighted by Crippen LogP contribution is 2.33. The predicted octanol–water partition coefficient (Wildman–Crippen LogP) is 2.25. The van der Waals surface area contributed by atoms with E-state index in [9.17, 15) is 4.79 Å². The Morgan fingerprint density at radius 2 is 2.00 bits per heavy atom. The van der Waals surface area contributed by atoms with E-state index in [4.69, 9.17) is 5.73 Å². The van der Waals surface area contributed by atoms with Crippen LogP contribution in [0.25, 0.3) is 0 Å². The summed E-state index contributed by atoms with van der Waals surface area (Å²) >= 11 is 0. The van der Waals surface area contributed by atoms with Crippen molar-refractivity contribution in [1.29, 1.82) is 0 Å². The third kappa shape index (κ3) is 3.98. The van der Waals surface area contributed by atoms with Crippen molar-refractivity contribution in [2.45, 2.75) is 53.5 Å². The molecule has 2 atom stereocenters. The molecule has 0 aromatic heterocycles. The van der Waals surface area contributed by atoms with Gasteiger partial charge >= 0.3 is 0 Å². The van der Waals surface area contributed by atoms with Gasteiger partial charge in [-0.05, 0) is 30.1 Å². The molecule has 0 spiro atoms.